The predicted molar refractivity (Wildman–Crippen MR) is 111 cm³/mol. The summed E-state index contributed by atoms with van der Waals surface area (Å²) >= 11 is 0. The van der Waals surface area contributed by atoms with E-state index < -0.39 is 5.97 Å². The number of nitrogens with zero attached hydrogens (tertiary/aromatic N) is 1. The first-order chi connectivity index (χ1) is 12.7. The van der Waals surface area contributed by atoms with E-state index in [1.54, 1.807) is 0 Å². The Balaban J connectivity index is 1.67. The second kappa shape index (κ2) is 6.12. The van der Waals surface area contributed by atoms with Gasteiger partial charge in [0.15, 0.2) is 0 Å². The van der Waals surface area contributed by atoms with Crippen LogP contribution in [0.4, 0.5) is 5.69 Å². The monoisotopic (exact) mass is 363 g/mol. The predicted octanol–water partition coefficient (Wildman–Crippen LogP) is 5.22. The molecule has 0 aromatic heterocycles. The first-order valence-electron chi connectivity index (χ1n) is 9.91. The Bertz CT molecular complexity index is 891. The molecule has 0 radical (unpaired) electrons. The summed E-state index contributed by atoms with van der Waals surface area (Å²) in [6.07, 6.45) is 2.43. The van der Waals surface area contributed by atoms with Gasteiger partial charge in [0.2, 0.25) is 0 Å². The molecule has 142 valence electrons. The topological polar surface area (TPSA) is 40.5 Å². The summed E-state index contributed by atoms with van der Waals surface area (Å²) in [6, 6.07) is 15.5. The summed E-state index contributed by atoms with van der Waals surface area (Å²) in [4.78, 5) is 13.2. The highest BCUT2D eigenvalue weighted by Crippen LogP contribution is 2.46. The lowest BCUT2D eigenvalue weighted by Crippen LogP contribution is -2.50. The molecule has 3 nitrogen and oxygen atoms in total. The summed E-state index contributed by atoms with van der Waals surface area (Å²) in [7, 11) is 0. The van der Waals surface area contributed by atoms with E-state index in [-0.39, 0.29) is 16.7 Å². The van der Waals surface area contributed by atoms with Crippen LogP contribution in [0.5, 0.6) is 0 Å². The van der Waals surface area contributed by atoms with Gasteiger partial charge < -0.3 is 10.0 Å². The Labute approximate surface area is 162 Å². The van der Waals surface area contributed by atoms with Gasteiger partial charge in [-0.2, -0.15) is 0 Å². The van der Waals surface area contributed by atoms with Crippen LogP contribution in [0.2, 0.25) is 0 Å². The molecular weight excluding hydrogens is 334 g/mol. The van der Waals surface area contributed by atoms with E-state index in [2.05, 4.69) is 75.1 Å². The molecular formula is C24H29NO2. The van der Waals surface area contributed by atoms with Gasteiger partial charge in [0, 0.05) is 18.8 Å². The van der Waals surface area contributed by atoms with E-state index in [9.17, 15) is 4.79 Å². The molecule has 0 unspecified atom stereocenters. The summed E-state index contributed by atoms with van der Waals surface area (Å²) in [5, 5.41) is 9.11. The molecule has 1 saturated heterocycles. The van der Waals surface area contributed by atoms with Crippen LogP contribution in [0, 0.1) is 5.92 Å². The number of hydrogen-bond acceptors (Lipinski definition) is 2. The Morgan fingerprint density at radius 1 is 0.926 bits per heavy atom. The Kier molecular flexibility index (Phi) is 4.10. The highest BCUT2D eigenvalue weighted by atomic mass is 16.4. The van der Waals surface area contributed by atoms with Crippen LogP contribution in [0.3, 0.4) is 0 Å². The molecule has 0 amide bonds. The van der Waals surface area contributed by atoms with Gasteiger partial charge in [-0.25, -0.2) is 0 Å². The summed E-state index contributed by atoms with van der Waals surface area (Å²) < 4.78 is 0. The van der Waals surface area contributed by atoms with Gasteiger partial charge in [-0.05, 0) is 58.1 Å². The van der Waals surface area contributed by atoms with Crippen molar-refractivity contribution in [3.05, 3.63) is 53.6 Å². The number of carboxylic acids is 1. The minimum atomic E-state index is -0.693. The summed E-state index contributed by atoms with van der Waals surface area (Å²) in [6.45, 7) is 10.6. The third-order valence-corrected chi connectivity index (χ3v) is 6.63. The van der Waals surface area contributed by atoms with Gasteiger partial charge in [0.25, 0.3) is 0 Å². The third kappa shape index (κ3) is 3.13. The largest absolute Gasteiger partial charge is 0.481 e. The zero-order valence-corrected chi connectivity index (χ0v) is 16.7. The minimum absolute atomic E-state index is 0.199. The fraction of sp³-hybridized carbons (Fsp3) is 0.458. The van der Waals surface area contributed by atoms with Crippen molar-refractivity contribution in [2.75, 3.05) is 18.0 Å². The van der Waals surface area contributed by atoms with Gasteiger partial charge >= 0.3 is 5.97 Å². The number of aliphatic carboxylic acids is 1. The smallest absolute Gasteiger partial charge is 0.310 e. The third-order valence-electron chi connectivity index (χ3n) is 6.63. The lowest BCUT2D eigenvalue weighted by molar-refractivity contribution is -0.142. The maximum absolute atomic E-state index is 11.1. The fourth-order valence-electron chi connectivity index (χ4n) is 4.50. The number of carboxylic acid groups (broad SMARTS) is 1. The van der Waals surface area contributed by atoms with Crippen LogP contribution in [0.1, 0.15) is 51.7 Å². The van der Waals surface area contributed by atoms with Crippen molar-refractivity contribution in [1.82, 2.24) is 0 Å². The fourth-order valence-corrected chi connectivity index (χ4v) is 4.50. The first kappa shape index (κ1) is 18.1. The molecule has 2 aromatic carbocycles. The van der Waals surface area contributed by atoms with Crippen LogP contribution in [-0.4, -0.2) is 24.2 Å². The van der Waals surface area contributed by atoms with Crippen molar-refractivity contribution in [2.45, 2.75) is 51.4 Å². The highest BCUT2D eigenvalue weighted by Gasteiger charge is 2.37. The molecule has 1 N–H and O–H groups in total. The number of hydrogen-bond donors (Lipinski definition) is 1. The molecule has 0 saturated carbocycles. The van der Waals surface area contributed by atoms with Crippen molar-refractivity contribution in [1.29, 1.82) is 0 Å². The molecule has 4 rings (SSSR count). The maximum Gasteiger partial charge on any atom is 0.310 e. The molecule has 3 heteroatoms. The van der Waals surface area contributed by atoms with E-state index in [4.69, 9.17) is 5.11 Å². The standard InChI is InChI=1S/C24H29NO2/c1-23(2)10-11-24(3,4)21-13-17(8-9-20(21)23)16-6-5-7-19(12-16)25-14-18(15-25)22(26)27/h5-9,12-13,18H,10-11,14-15H2,1-4H3,(H,26,27). The number of rotatable bonds is 3. The Morgan fingerprint density at radius 3 is 2.22 bits per heavy atom. The van der Waals surface area contributed by atoms with Gasteiger partial charge in [-0.3, -0.25) is 4.79 Å². The van der Waals surface area contributed by atoms with E-state index >= 15 is 0 Å². The second-order valence-electron chi connectivity index (χ2n) is 9.52. The molecule has 2 aromatic rings. The Hall–Kier alpha value is -2.29. The van der Waals surface area contributed by atoms with Crippen LogP contribution < -0.4 is 4.90 Å². The Morgan fingerprint density at radius 2 is 1.56 bits per heavy atom. The summed E-state index contributed by atoms with van der Waals surface area (Å²) in [5.41, 5.74) is 6.94. The number of benzene rings is 2. The lowest BCUT2D eigenvalue weighted by Gasteiger charge is -2.42. The average Bonchev–Trinajstić information content (AvgIpc) is 2.57. The molecule has 0 atom stereocenters. The van der Waals surface area contributed by atoms with Crippen LogP contribution in [0.15, 0.2) is 42.5 Å². The van der Waals surface area contributed by atoms with Crippen LogP contribution in [0.25, 0.3) is 11.1 Å². The zero-order valence-electron chi connectivity index (χ0n) is 16.7. The lowest BCUT2D eigenvalue weighted by atomic mass is 9.63. The quantitative estimate of drug-likeness (QED) is 0.812. The summed E-state index contributed by atoms with van der Waals surface area (Å²) in [5.74, 6) is -0.928. The van der Waals surface area contributed by atoms with E-state index in [1.807, 2.05) is 0 Å². The van der Waals surface area contributed by atoms with Crippen molar-refractivity contribution in [2.24, 2.45) is 5.92 Å². The van der Waals surface area contributed by atoms with E-state index in [0.29, 0.717) is 13.1 Å². The SMILES string of the molecule is CC1(C)CCC(C)(C)c2cc(-c3cccc(N4CC(C(=O)O)C4)c3)ccc21. The van der Waals surface area contributed by atoms with E-state index in [1.165, 1.54) is 35.1 Å². The van der Waals surface area contributed by atoms with Gasteiger partial charge in [0.05, 0.1) is 5.92 Å². The van der Waals surface area contributed by atoms with E-state index in [0.717, 1.165) is 5.69 Å². The number of fused-ring (bicyclic) bond motifs is 1. The molecule has 0 spiro atoms. The molecule has 0 bridgehead atoms. The second-order valence-corrected chi connectivity index (χ2v) is 9.52. The maximum atomic E-state index is 11.1. The highest BCUT2D eigenvalue weighted by molar-refractivity contribution is 5.76. The van der Waals surface area contributed by atoms with Gasteiger partial charge in [0.1, 0.15) is 0 Å². The van der Waals surface area contributed by atoms with Crippen molar-refractivity contribution < 1.29 is 9.90 Å². The minimum Gasteiger partial charge on any atom is -0.481 e. The number of anilines is 1. The van der Waals surface area contributed by atoms with Crippen molar-refractivity contribution in [3.63, 3.8) is 0 Å². The van der Waals surface area contributed by atoms with Crippen molar-refractivity contribution >= 4 is 11.7 Å². The van der Waals surface area contributed by atoms with Crippen molar-refractivity contribution in [3.8, 4) is 11.1 Å². The molecule has 2 aliphatic rings. The van der Waals surface area contributed by atoms with Crippen LogP contribution >= 0.6 is 0 Å². The van der Waals surface area contributed by atoms with Gasteiger partial charge in [-0.15, -0.1) is 0 Å². The normalized spacial score (nSPS) is 20.7. The molecule has 1 heterocycles. The average molecular weight is 364 g/mol. The molecule has 27 heavy (non-hydrogen) atoms. The first-order valence-corrected chi connectivity index (χ1v) is 9.91. The van der Waals surface area contributed by atoms with Crippen LogP contribution in [-0.2, 0) is 15.6 Å². The number of carbonyl (C=O) groups is 1. The zero-order chi connectivity index (χ0) is 19.4. The van der Waals surface area contributed by atoms with Gasteiger partial charge in [-0.1, -0.05) is 58.0 Å². The molecule has 1 aliphatic carbocycles. The molecule has 1 fully saturated rings. The molecule has 1 aliphatic heterocycles.